The maximum Gasteiger partial charge on any atom is 0.134 e. The minimum absolute atomic E-state index is 0.270. The molecule has 2 aromatic rings. The van der Waals surface area contributed by atoms with E-state index in [0.29, 0.717) is 5.92 Å². The van der Waals surface area contributed by atoms with E-state index in [9.17, 15) is 5.11 Å². The van der Waals surface area contributed by atoms with Crippen molar-refractivity contribution in [1.82, 2.24) is 4.90 Å². The molecule has 4 heteroatoms. The molecular formula is C14H16N2O2. The topological polar surface area (TPSA) is 49.0 Å². The molecule has 1 aliphatic heterocycles. The number of fused-ring (bicyclic) bond motifs is 1. The number of furan rings is 1. The van der Waals surface area contributed by atoms with Crippen LogP contribution in [0.5, 0.6) is 5.75 Å². The maximum absolute atomic E-state index is 9.45. The van der Waals surface area contributed by atoms with Gasteiger partial charge in [0, 0.05) is 31.8 Å². The second-order valence-electron chi connectivity index (χ2n) is 4.92. The van der Waals surface area contributed by atoms with Crippen molar-refractivity contribution in [2.24, 2.45) is 4.99 Å². The van der Waals surface area contributed by atoms with Gasteiger partial charge in [-0.2, -0.15) is 0 Å². The van der Waals surface area contributed by atoms with Gasteiger partial charge in [0.2, 0.25) is 0 Å². The number of hydrogen-bond donors (Lipinski definition) is 1. The molecule has 0 saturated carbocycles. The summed E-state index contributed by atoms with van der Waals surface area (Å²) in [5, 5.41) is 10.4. The van der Waals surface area contributed by atoms with Crippen LogP contribution in [-0.4, -0.2) is 36.5 Å². The minimum atomic E-state index is 0.270. The molecule has 0 fully saturated rings. The summed E-state index contributed by atoms with van der Waals surface area (Å²) in [4.78, 5) is 6.56. The molecule has 4 nitrogen and oxygen atoms in total. The summed E-state index contributed by atoms with van der Waals surface area (Å²) in [6, 6.07) is 7.18. The molecule has 3 rings (SSSR count). The third-order valence-electron chi connectivity index (χ3n) is 3.36. The highest BCUT2D eigenvalue weighted by Gasteiger charge is 2.24. The number of hydrogen-bond acceptors (Lipinski definition) is 4. The Morgan fingerprint density at radius 3 is 2.89 bits per heavy atom. The van der Waals surface area contributed by atoms with E-state index < -0.39 is 0 Å². The Balaban J connectivity index is 1.88. The number of aromatic hydroxyl groups is 1. The zero-order chi connectivity index (χ0) is 12.7. The predicted octanol–water partition coefficient (Wildman–Crippen LogP) is 2.59. The highest BCUT2D eigenvalue weighted by molar-refractivity contribution is 5.85. The Morgan fingerprint density at radius 1 is 1.33 bits per heavy atom. The molecule has 1 unspecified atom stereocenters. The lowest BCUT2D eigenvalue weighted by Gasteiger charge is -2.12. The van der Waals surface area contributed by atoms with Crippen LogP contribution in [0.3, 0.4) is 0 Å². The molecule has 1 atom stereocenters. The summed E-state index contributed by atoms with van der Waals surface area (Å²) in [7, 11) is 4.02. The Morgan fingerprint density at radius 2 is 2.17 bits per heavy atom. The van der Waals surface area contributed by atoms with Gasteiger partial charge in [0.05, 0.1) is 12.4 Å². The molecule has 0 bridgehead atoms. The Labute approximate surface area is 106 Å². The molecule has 1 aromatic carbocycles. The number of aliphatic imine (C=N–C) groups is 1. The third kappa shape index (κ3) is 1.83. The third-order valence-corrected chi connectivity index (χ3v) is 3.36. The smallest absolute Gasteiger partial charge is 0.134 e. The molecule has 0 amide bonds. The number of phenolic OH excluding ortho intramolecular Hbond substituents is 1. The van der Waals surface area contributed by atoms with E-state index in [0.717, 1.165) is 35.5 Å². The largest absolute Gasteiger partial charge is 0.508 e. The first-order valence-electron chi connectivity index (χ1n) is 6.06. The first-order valence-corrected chi connectivity index (χ1v) is 6.06. The Kier molecular flexibility index (Phi) is 2.51. The average molecular weight is 244 g/mol. The lowest BCUT2D eigenvalue weighted by atomic mass is 10.0. The second kappa shape index (κ2) is 4.05. The highest BCUT2D eigenvalue weighted by Crippen LogP contribution is 2.32. The monoisotopic (exact) mass is 244 g/mol. The van der Waals surface area contributed by atoms with E-state index in [1.165, 1.54) is 0 Å². The van der Waals surface area contributed by atoms with Gasteiger partial charge in [0.1, 0.15) is 17.1 Å². The summed E-state index contributed by atoms with van der Waals surface area (Å²) in [6.07, 6.45) is 0.915. The SMILES string of the molecule is CN(C)C1=NCC(c2cc3cc(O)ccc3o2)C1. The summed E-state index contributed by atoms with van der Waals surface area (Å²) in [5.41, 5.74) is 0.820. The van der Waals surface area contributed by atoms with Crippen LogP contribution in [0.25, 0.3) is 11.0 Å². The van der Waals surface area contributed by atoms with E-state index in [1.54, 1.807) is 18.2 Å². The zero-order valence-corrected chi connectivity index (χ0v) is 10.6. The van der Waals surface area contributed by atoms with Gasteiger partial charge >= 0.3 is 0 Å². The zero-order valence-electron chi connectivity index (χ0n) is 10.6. The van der Waals surface area contributed by atoms with Gasteiger partial charge < -0.3 is 14.4 Å². The Hall–Kier alpha value is -1.97. The normalized spacial score (nSPS) is 19.2. The van der Waals surface area contributed by atoms with E-state index in [1.807, 2.05) is 20.2 Å². The van der Waals surface area contributed by atoms with Gasteiger partial charge in [-0.05, 0) is 24.3 Å². The first kappa shape index (κ1) is 11.1. The van der Waals surface area contributed by atoms with Crippen LogP contribution in [0.2, 0.25) is 0 Å². The van der Waals surface area contributed by atoms with Gasteiger partial charge in [-0.3, -0.25) is 4.99 Å². The molecular weight excluding hydrogens is 228 g/mol. The van der Waals surface area contributed by atoms with Crippen LogP contribution in [0.4, 0.5) is 0 Å². The van der Waals surface area contributed by atoms with Crippen molar-refractivity contribution >= 4 is 16.8 Å². The van der Waals surface area contributed by atoms with Crippen molar-refractivity contribution in [3.63, 3.8) is 0 Å². The van der Waals surface area contributed by atoms with Gasteiger partial charge in [0.25, 0.3) is 0 Å². The molecule has 0 aliphatic carbocycles. The van der Waals surface area contributed by atoms with Crippen molar-refractivity contribution in [1.29, 1.82) is 0 Å². The number of nitrogens with zero attached hydrogens (tertiary/aromatic N) is 2. The van der Waals surface area contributed by atoms with Crippen molar-refractivity contribution in [2.45, 2.75) is 12.3 Å². The van der Waals surface area contributed by atoms with Crippen LogP contribution in [0, 0.1) is 0 Å². The fraction of sp³-hybridized carbons (Fsp3) is 0.357. The molecule has 0 spiro atoms. The van der Waals surface area contributed by atoms with Crippen LogP contribution >= 0.6 is 0 Å². The van der Waals surface area contributed by atoms with E-state index in [-0.39, 0.29) is 5.75 Å². The number of phenols is 1. The summed E-state index contributed by atoms with van der Waals surface area (Å²) in [5.74, 6) is 2.66. The molecule has 0 saturated heterocycles. The first-order chi connectivity index (χ1) is 8.63. The van der Waals surface area contributed by atoms with Gasteiger partial charge in [0.15, 0.2) is 0 Å². The fourth-order valence-corrected chi connectivity index (χ4v) is 2.33. The number of rotatable bonds is 1. The van der Waals surface area contributed by atoms with E-state index in [2.05, 4.69) is 9.89 Å². The molecule has 18 heavy (non-hydrogen) atoms. The van der Waals surface area contributed by atoms with E-state index in [4.69, 9.17) is 4.42 Å². The highest BCUT2D eigenvalue weighted by atomic mass is 16.3. The predicted molar refractivity (Wildman–Crippen MR) is 71.2 cm³/mol. The van der Waals surface area contributed by atoms with Gasteiger partial charge in [-0.1, -0.05) is 0 Å². The summed E-state index contributed by atoms with van der Waals surface area (Å²) >= 11 is 0. The molecule has 0 radical (unpaired) electrons. The van der Waals surface area contributed by atoms with Crippen LogP contribution in [0.15, 0.2) is 33.7 Å². The van der Waals surface area contributed by atoms with Gasteiger partial charge in [-0.15, -0.1) is 0 Å². The van der Waals surface area contributed by atoms with Gasteiger partial charge in [-0.25, -0.2) is 0 Å². The van der Waals surface area contributed by atoms with Crippen molar-refractivity contribution in [3.8, 4) is 5.75 Å². The fourth-order valence-electron chi connectivity index (χ4n) is 2.33. The second-order valence-corrected chi connectivity index (χ2v) is 4.92. The number of amidine groups is 1. The molecule has 1 N–H and O–H groups in total. The average Bonchev–Trinajstić information content (AvgIpc) is 2.93. The minimum Gasteiger partial charge on any atom is -0.508 e. The lowest BCUT2D eigenvalue weighted by Crippen LogP contribution is -2.20. The van der Waals surface area contributed by atoms with Crippen LogP contribution in [0.1, 0.15) is 18.1 Å². The number of benzene rings is 1. The Bertz CT molecular complexity index is 613. The lowest BCUT2D eigenvalue weighted by molar-refractivity contribution is 0.475. The maximum atomic E-state index is 9.45. The summed E-state index contributed by atoms with van der Waals surface area (Å²) in [6.45, 7) is 0.777. The molecule has 1 aromatic heterocycles. The molecule has 1 aliphatic rings. The van der Waals surface area contributed by atoms with Crippen molar-refractivity contribution in [3.05, 3.63) is 30.0 Å². The van der Waals surface area contributed by atoms with Crippen molar-refractivity contribution < 1.29 is 9.52 Å². The molecule has 94 valence electrons. The molecule has 2 heterocycles. The van der Waals surface area contributed by atoms with Crippen LogP contribution in [-0.2, 0) is 0 Å². The standard InChI is InChI=1S/C14H16N2O2/c1-16(2)14-7-10(8-15-14)13-6-9-5-11(17)3-4-12(9)18-13/h3-6,10,17H,7-8H2,1-2H3. The van der Waals surface area contributed by atoms with Crippen molar-refractivity contribution in [2.75, 3.05) is 20.6 Å². The quantitative estimate of drug-likeness (QED) is 0.838. The van der Waals surface area contributed by atoms with E-state index >= 15 is 0 Å². The summed E-state index contributed by atoms with van der Waals surface area (Å²) < 4.78 is 5.83. The van der Waals surface area contributed by atoms with Crippen LogP contribution < -0.4 is 0 Å².